The molecule has 2 aliphatic rings. The minimum absolute atomic E-state index is 0.269. The number of hydrogen-bond acceptors (Lipinski definition) is 11. The number of benzene rings is 1. The molecule has 4 heterocycles. The molecule has 1 aromatic carbocycles. The standard InChI is InChI=1S/C29H38N6O4S/c1-4-39-27(37)24-19(2)30-29(40-24)33-28-31-25-23(26(32-28)35-17-13-21(36)14-18-35)7-5-6-15-34(25)16-12-20-8-10-22(38-3)11-9-20/h8-11,21,36H,4-7,12-18H2,1-3H3,(H,30,31,32,33). The van der Waals surface area contributed by atoms with E-state index in [1.807, 2.05) is 12.1 Å². The molecule has 0 amide bonds. The van der Waals surface area contributed by atoms with Crippen molar-refractivity contribution in [3.8, 4) is 5.75 Å². The second kappa shape index (κ2) is 12.8. The van der Waals surface area contributed by atoms with E-state index in [0.29, 0.717) is 28.3 Å². The molecule has 10 nitrogen and oxygen atoms in total. The fourth-order valence-corrected chi connectivity index (χ4v) is 6.11. The zero-order chi connectivity index (χ0) is 28.1. The summed E-state index contributed by atoms with van der Waals surface area (Å²) in [6.45, 7) is 7.15. The number of aliphatic hydroxyl groups excluding tert-OH is 1. The Morgan fingerprint density at radius 2 is 1.85 bits per heavy atom. The van der Waals surface area contributed by atoms with E-state index in [2.05, 4.69) is 32.2 Å². The van der Waals surface area contributed by atoms with Gasteiger partial charge < -0.3 is 24.4 Å². The number of hydrogen-bond donors (Lipinski definition) is 2. The number of piperidine rings is 1. The van der Waals surface area contributed by atoms with Crippen LogP contribution in [-0.2, 0) is 17.6 Å². The SMILES string of the molecule is CCOC(=O)c1sc(Nc2nc3c(c(N4CCC(O)CC4)n2)CCCCN3CCc2ccc(OC)cc2)nc1C. The molecule has 0 atom stereocenters. The summed E-state index contributed by atoms with van der Waals surface area (Å²) in [6.07, 6.45) is 5.11. The van der Waals surface area contributed by atoms with Gasteiger partial charge in [0.05, 0.1) is 25.5 Å². The van der Waals surface area contributed by atoms with E-state index in [1.54, 1.807) is 21.0 Å². The van der Waals surface area contributed by atoms with Gasteiger partial charge in [0.25, 0.3) is 0 Å². The first-order valence-electron chi connectivity index (χ1n) is 14.1. The molecule has 2 aliphatic heterocycles. The maximum Gasteiger partial charge on any atom is 0.350 e. The van der Waals surface area contributed by atoms with Crippen LogP contribution in [0.1, 0.15) is 59.1 Å². The van der Waals surface area contributed by atoms with Gasteiger partial charge in [-0.3, -0.25) is 5.32 Å². The number of rotatable bonds is 9. The first-order chi connectivity index (χ1) is 19.4. The Bertz CT molecular complexity index is 1310. The van der Waals surface area contributed by atoms with Gasteiger partial charge in [-0.2, -0.15) is 9.97 Å². The predicted molar refractivity (Wildman–Crippen MR) is 157 cm³/mol. The number of nitrogens with zero attached hydrogens (tertiary/aromatic N) is 5. The Morgan fingerprint density at radius 3 is 2.58 bits per heavy atom. The van der Waals surface area contributed by atoms with Crippen molar-refractivity contribution in [1.82, 2.24) is 15.0 Å². The third kappa shape index (κ3) is 6.47. The Kier molecular flexibility index (Phi) is 9.01. The minimum Gasteiger partial charge on any atom is -0.497 e. The van der Waals surface area contributed by atoms with Crippen LogP contribution < -0.4 is 19.9 Å². The van der Waals surface area contributed by atoms with E-state index in [0.717, 1.165) is 87.7 Å². The minimum atomic E-state index is -0.370. The zero-order valence-electron chi connectivity index (χ0n) is 23.5. The van der Waals surface area contributed by atoms with Crippen molar-refractivity contribution in [2.45, 2.75) is 58.5 Å². The van der Waals surface area contributed by atoms with E-state index in [9.17, 15) is 9.90 Å². The van der Waals surface area contributed by atoms with Crippen LogP contribution in [0.15, 0.2) is 24.3 Å². The predicted octanol–water partition coefficient (Wildman–Crippen LogP) is 4.52. The maximum absolute atomic E-state index is 12.4. The highest BCUT2D eigenvalue weighted by molar-refractivity contribution is 7.17. The van der Waals surface area contributed by atoms with Crippen LogP contribution in [-0.4, -0.2) is 72.0 Å². The van der Waals surface area contributed by atoms with Gasteiger partial charge in [0.2, 0.25) is 5.95 Å². The van der Waals surface area contributed by atoms with Crippen LogP contribution >= 0.6 is 11.3 Å². The molecule has 0 spiro atoms. The molecule has 3 aromatic rings. The van der Waals surface area contributed by atoms with Crippen molar-refractivity contribution in [2.75, 3.05) is 55.0 Å². The number of aliphatic hydroxyl groups is 1. The lowest BCUT2D eigenvalue weighted by Gasteiger charge is -2.33. The molecule has 0 aliphatic carbocycles. The third-order valence-corrected chi connectivity index (χ3v) is 8.49. The van der Waals surface area contributed by atoms with Gasteiger partial charge in [-0.15, -0.1) is 0 Å². The summed E-state index contributed by atoms with van der Waals surface area (Å²) in [7, 11) is 1.68. The third-order valence-electron chi connectivity index (χ3n) is 7.44. The number of ether oxygens (including phenoxy) is 2. The van der Waals surface area contributed by atoms with Gasteiger partial charge in [0.1, 0.15) is 22.3 Å². The first-order valence-corrected chi connectivity index (χ1v) is 14.9. The summed E-state index contributed by atoms with van der Waals surface area (Å²) in [4.78, 5) is 32.1. The molecule has 11 heteroatoms. The van der Waals surface area contributed by atoms with E-state index >= 15 is 0 Å². The van der Waals surface area contributed by atoms with Crippen molar-refractivity contribution >= 4 is 40.0 Å². The molecule has 0 saturated carbocycles. The smallest absolute Gasteiger partial charge is 0.350 e. The summed E-state index contributed by atoms with van der Waals surface area (Å²) < 4.78 is 10.5. The Labute approximate surface area is 239 Å². The second-order valence-electron chi connectivity index (χ2n) is 10.2. The van der Waals surface area contributed by atoms with Crippen molar-refractivity contribution in [3.05, 3.63) is 46.0 Å². The first kappa shape index (κ1) is 28.1. The Hall–Kier alpha value is -3.44. The number of anilines is 4. The molecular weight excluding hydrogens is 528 g/mol. The summed E-state index contributed by atoms with van der Waals surface area (Å²) >= 11 is 1.25. The van der Waals surface area contributed by atoms with Crippen molar-refractivity contribution < 1.29 is 19.4 Å². The molecule has 5 rings (SSSR count). The molecule has 1 fully saturated rings. The maximum atomic E-state index is 12.4. The molecule has 2 N–H and O–H groups in total. The quantitative estimate of drug-likeness (QED) is 0.359. The lowest BCUT2D eigenvalue weighted by Crippen LogP contribution is -2.37. The molecule has 1 saturated heterocycles. The molecular formula is C29H38N6O4S. The lowest BCUT2D eigenvalue weighted by atomic mass is 10.1. The Morgan fingerprint density at radius 1 is 1.10 bits per heavy atom. The highest BCUT2D eigenvalue weighted by Gasteiger charge is 2.28. The summed E-state index contributed by atoms with van der Waals surface area (Å²) in [5.41, 5.74) is 3.03. The highest BCUT2D eigenvalue weighted by Crippen LogP contribution is 2.35. The van der Waals surface area contributed by atoms with Crippen LogP contribution in [0, 0.1) is 6.92 Å². The molecule has 0 radical (unpaired) electrons. The zero-order valence-corrected chi connectivity index (χ0v) is 24.3. The monoisotopic (exact) mass is 566 g/mol. The number of esters is 1. The van der Waals surface area contributed by atoms with E-state index in [4.69, 9.17) is 19.4 Å². The van der Waals surface area contributed by atoms with Crippen molar-refractivity contribution in [3.63, 3.8) is 0 Å². The van der Waals surface area contributed by atoms with Gasteiger partial charge in [-0.05, 0) is 70.1 Å². The number of aryl methyl sites for hydroxylation is 1. The largest absolute Gasteiger partial charge is 0.497 e. The van der Waals surface area contributed by atoms with Crippen LogP contribution in [0.25, 0.3) is 0 Å². The number of fused-ring (bicyclic) bond motifs is 1. The van der Waals surface area contributed by atoms with E-state index < -0.39 is 0 Å². The number of thiazole rings is 1. The second-order valence-corrected chi connectivity index (χ2v) is 11.2. The van der Waals surface area contributed by atoms with Crippen molar-refractivity contribution in [1.29, 1.82) is 0 Å². The van der Waals surface area contributed by atoms with Gasteiger partial charge in [-0.25, -0.2) is 9.78 Å². The fourth-order valence-electron chi connectivity index (χ4n) is 5.26. The number of nitrogens with one attached hydrogen (secondary N) is 1. The Balaban J connectivity index is 1.46. The fraction of sp³-hybridized carbons (Fsp3) is 0.517. The van der Waals surface area contributed by atoms with Gasteiger partial charge in [0, 0.05) is 31.7 Å². The van der Waals surface area contributed by atoms with Gasteiger partial charge in [-0.1, -0.05) is 23.5 Å². The normalized spacial score (nSPS) is 15.9. The van der Waals surface area contributed by atoms with Gasteiger partial charge in [0.15, 0.2) is 5.13 Å². The number of carbonyl (C=O) groups excluding carboxylic acids is 1. The summed E-state index contributed by atoms with van der Waals surface area (Å²) in [6, 6.07) is 8.22. The van der Waals surface area contributed by atoms with Crippen LogP contribution in [0.3, 0.4) is 0 Å². The molecule has 0 bridgehead atoms. The average molecular weight is 567 g/mol. The van der Waals surface area contributed by atoms with Crippen LogP contribution in [0.2, 0.25) is 0 Å². The van der Waals surface area contributed by atoms with E-state index in [-0.39, 0.29) is 12.1 Å². The summed E-state index contributed by atoms with van der Waals surface area (Å²) in [5.74, 6) is 2.82. The number of methoxy groups -OCH3 is 1. The van der Waals surface area contributed by atoms with Crippen molar-refractivity contribution in [2.24, 2.45) is 0 Å². The lowest BCUT2D eigenvalue weighted by molar-refractivity contribution is 0.0531. The summed E-state index contributed by atoms with van der Waals surface area (Å²) in [5, 5.41) is 14.0. The molecule has 0 unspecified atom stereocenters. The molecule has 214 valence electrons. The highest BCUT2D eigenvalue weighted by atomic mass is 32.1. The van der Waals surface area contributed by atoms with Gasteiger partial charge >= 0.3 is 5.97 Å². The molecule has 2 aromatic heterocycles. The van der Waals surface area contributed by atoms with E-state index in [1.165, 1.54) is 16.9 Å². The van der Waals surface area contributed by atoms with Crippen LogP contribution in [0.4, 0.5) is 22.7 Å². The number of carbonyl (C=O) groups is 1. The average Bonchev–Trinajstić information content (AvgIpc) is 3.20. The molecule has 40 heavy (non-hydrogen) atoms. The number of aromatic nitrogens is 3. The van der Waals surface area contributed by atoms with Crippen LogP contribution in [0.5, 0.6) is 5.75 Å². The topological polar surface area (TPSA) is 113 Å².